The number of benzene rings is 2. The molecular weight excluding hydrogens is 322 g/mol. The van der Waals surface area contributed by atoms with Crippen molar-refractivity contribution in [3.05, 3.63) is 48.0 Å². The maximum Gasteiger partial charge on any atom is 0.262 e. The molecule has 1 saturated heterocycles. The summed E-state index contributed by atoms with van der Waals surface area (Å²) in [5.41, 5.74) is 0.955. The van der Waals surface area contributed by atoms with Gasteiger partial charge in [-0.15, -0.1) is 12.4 Å². The van der Waals surface area contributed by atoms with Crippen LogP contribution in [0.3, 0.4) is 0 Å². The minimum Gasteiger partial charge on any atom is -0.348 e. The zero-order chi connectivity index (χ0) is 15.7. The second-order valence-corrected chi connectivity index (χ2v) is 5.83. The van der Waals surface area contributed by atoms with Gasteiger partial charge < -0.3 is 5.32 Å². The fraction of sp³-hybridized carbons (Fsp3) is 0.353. The Balaban J connectivity index is 0.00000192. The predicted octanol–water partition coefficient (Wildman–Crippen LogP) is 3.44. The Kier molecular flexibility index (Phi) is 5.22. The van der Waals surface area contributed by atoms with Crippen LogP contribution in [0.4, 0.5) is 8.78 Å². The van der Waals surface area contributed by atoms with Crippen LogP contribution in [0.25, 0.3) is 10.8 Å². The highest BCUT2D eigenvalue weighted by Crippen LogP contribution is 2.26. The van der Waals surface area contributed by atoms with E-state index in [1.54, 1.807) is 0 Å². The van der Waals surface area contributed by atoms with E-state index >= 15 is 0 Å². The number of nitrogens with one attached hydrogen (secondary N) is 2. The second-order valence-electron chi connectivity index (χ2n) is 5.83. The summed E-state index contributed by atoms with van der Waals surface area (Å²) < 4.78 is 26.3. The molecule has 0 spiro atoms. The quantitative estimate of drug-likeness (QED) is 0.898. The van der Waals surface area contributed by atoms with E-state index in [2.05, 4.69) is 10.6 Å². The van der Waals surface area contributed by atoms with Crippen molar-refractivity contribution in [3.63, 3.8) is 0 Å². The average Bonchev–Trinajstić information content (AvgIpc) is 2.87. The van der Waals surface area contributed by atoms with E-state index in [1.165, 1.54) is 0 Å². The van der Waals surface area contributed by atoms with Gasteiger partial charge in [0, 0.05) is 6.42 Å². The topological polar surface area (TPSA) is 41.1 Å². The molecule has 0 bridgehead atoms. The van der Waals surface area contributed by atoms with Crippen molar-refractivity contribution in [1.29, 1.82) is 0 Å². The fourth-order valence-electron chi connectivity index (χ4n) is 2.78. The van der Waals surface area contributed by atoms with Crippen molar-refractivity contribution < 1.29 is 13.6 Å². The number of rotatable bonds is 3. The van der Waals surface area contributed by atoms with E-state index in [9.17, 15) is 13.6 Å². The summed E-state index contributed by atoms with van der Waals surface area (Å²) in [5, 5.41) is 7.59. The van der Waals surface area contributed by atoms with Crippen molar-refractivity contribution in [2.45, 2.75) is 31.4 Å². The van der Waals surface area contributed by atoms with Crippen LogP contribution in [-0.4, -0.2) is 24.4 Å². The number of fused-ring (bicyclic) bond motifs is 1. The van der Waals surface area contributed by atoms with Gasteiger partial charge in [0.1, 0.15) is 0 Å². The first-order valence-corrected chi connectivity index (χ1v) is 7.35. The molecule has 2 aromatic rings. The molecule has 6 heteroatoms. The number of alkyl halides is 2. The third-order valence-electron chi connectivity index (χ3n) is 4.06. The third kappa shape index (κ3) is 3.98. The molecule has 1 aliphatic rings. The van der Waals surface area contributed by atoms with E-state index in [0.29, 0.717) is 0 Å². The van der Waals surface area contributed by atoms with E-state index in [-0.39, 0.29) is 24.4 Å². The van der Waals surface area contributed by atoms with Gasteiger partial charge in [-0.25, -0.2) is 8.78 Å². The number of hydrogen-bond donors (Lipinski definition) is 2. The third-order valence-corrected chi connectivity index (χ3v) is 4.06. The van der Waals surface area contributed by atoms with Gasteiger partial charge in [0.2, 0.25) is 5.91 Å². The van der Waals surface area contributed by atoms with Gasteiger partial charge in [-0.1, -0.05) is 36.4 Å². The molecule has 0 radical (unpaired) electrons. The van der Waals surface area contributed by atoms with Crippen LogP contribution in [0.5, 0.6) is 0 Å². The van der Waals surface area contributed by atoms with E-state index in [1.807, 2.05) is 49.4 Å². The lowest BCUT2D eigenvalue weighted by Crippen LogP contribution is -2.41. The number of hydrogen-bond acceptors (Lipinski definition) is 2. The highest BCUT2D eigenvalue weighted by molar-refractivity contribution is 5.85. The Hall–Kier alpha value is -1.72. The van der Waals surface area contributed by atoms with Crippen molar-refractivity contribution in [2.75, 3.05) is 6.54 Å². The van der Waals surface area contributed by atoms with Crippen LogP contribution in [-0.2, 0) is 4.79 Å². The van der Waals surface area contributed by atoms with Gasteiger partial charge in [-0.3, -0.25) is 10.1 Å². The Labute approximate surface area is 139 Å². The fourth-order valence-corrected chi connectivity index (χ4v) is 2.78. The molecule has 23 heavy (non-hydrogen) atoms. The molecule has 3 rings (SSSR count). The van der Waals surface area contributed by atoms with Gasteiger partial charge in [0.05, 0.1) is 18.6 Å². The molecule has 3 nitrogen and oxygen atoms in total. The van der Waals surface area contributed by atoms with Crippen LogP contribution in [0.1, 0.15) is 24.9 Å². The number of carbonyl (C=O) groups is 1. The molecule has 1 amide bonds. The van der Waals surface area contributed by atoms with Gasteiger partial charge in [-0.05, 0) is 29.3 Å². The number of amides is 1. The minimum atomic E-state index is -2.80. The lowest BCUT2D eigenvalue weighted by molar-refractivity contribution is -0.124. The van der Waals surface area contributed by atoms with Crippen LogP contribution in [0.2, 0.25) is 0 Å². The summed E-state index contributed by atoms with van der Waals surface area (Å²) >= 11 is 0. The first-order chi connectivity index (χ1) is 10.4. The summed E-state index contributed by atoms with van der Waals surface area (Å²) in [5.74, 6) is -3.17. The number of carbonyl (C=O) groups excluding carboxylic acids is 1. The van der Waals surface area contributed by atoms with E-state index < -0.39 is 24.9 Å². The number of halogens is 3. The highest BCUT2D eigenvalue weighted by atomic mass is 35.5. The molecule has 1 aliphatic heterocycles. The maximum absolute atomic E-state index is 13.1. The SMILES string of the molecule is CC(NC(=O)C1CC(F)(F)CN1)c1ccc2ccccc2c1.Cl. The molecule has 2 atom stereocenters. The predicted molar refractivity (Wildman–Crippen MR) is 89.1 cm³/mol. The molecule has 124 valence electrons. The summed E-state index contributed by atoms with van der Waals surface area (Å²) in [6.45, 7) is 1.42. The molecule has 2 unspecified atom stereocenters. The smallest absolute Gasteiger partial charge is 0.262 e. The Bertz CT molecular complexity index is 708. The summed E-state index contributed by atoms with van der Waals surface area (Å²) in [7, 11) is 0. The van der Waals surface area contributed by atoms with Crippen molar-refractivity contribution in [1.82, 2.24) is 10.6 Å². The van der Waals surface area contributed by atoms with Crippen LogP contribution in [0.15, 0.2) is 42.5 Å². The molecular formula is C17H19ClF2N2O. The molecule has 2 N–H and O–H groups in total. The minimum absolute atomic E-state index is 0. The van der Waals surface area contributed by atoms with E-state index in [0.717, 1.165) is 16.3 Å². The highest BCUT2D eigenvalue weighted by Gasteiger charge is 2.42. The largest absolute Gasteiger partial charge is 0.348 e. The van der Waals surface area contributed by atoms with Gasteiger partial charge in [0.15, 0.2) is 0 Å². The zero-order valence-corrected chi connectivity index (χ0v) is 13.5. The molecule has 0 aromatic heterocycles. The van der Waals surface area contributed by atoms with Gasteiger partial charge >= 0.3 is 0 Å². The Morgan fingerprint density at radius 3 is 2.61 bits per heavy atom. The second kappa shape index (κ2) is 6.81. The maximum atomic E-state index is 13.1. The summed E-state index contributed by atoms with van der Waals surface area (Å²) in [6.07, 6.45) is -0.441. The van der Waals surface area contributed by atoms with Crippen LogP contribution < -0.4 is 10.6 Å². The lowest BCUT2D eigenvalue weighted by Gasteiger charge is -2.18. The summed E-state index contributed by atoms with van der Waals surface area (Å²) in [6, 6.07) is 12.9. The van der Waals surface area contributed by atoms with Crippen molar-refractivity contribution >= 4 is 29.1 Å². The molecule has 0 aliphatic carbocycles. The van der Waals surface area contributed by atoms with Gasteiger partial charge in [0.25, 0.3) is 5.92 Å². The first-order valence-electron chi connectivity index (χ1n) is 7.35. The molecule has 2 aromatic carbocycles. The normalized spacial score (nSPS) is 20.7. The monoisotopic (exact) mass is 340 g/mol. The van der Waals surface area contributed by atoms with E-state index in [4.69, 9.17) is 0 Å². The van der Waals surface area contributed by atoms with Gasteiger partial charge in [-0.2, -0.15) is 0 Å². The van der Waals surface area contributed by atoms with Crippen LogP contribution in [0, 0.1) is 0 Å². The molecule has 1 fully saturated rings. The molecule has 0 saturated carbocycles. The average molecular weight is 341 g/mol. The Morgan fingerprint density at radius 2 is 1.96 bits per heavy atom. The Morgan fingerprint density at radius 1 is 1.26 bits per heavy atom. The summed E-state index contributed by atoms with van der Waals surface area (Å²) in [4.78, 5) is 12.1. The lowest BCUT2D eigenvalue weighted by atomic mass is 10.0. The zero-order valence-electron chi connectivity index (χ0n) is 12.7. The van der Waals surface area contributed by atoms with Crippen molar-refractivity contribution in [2.24, 2.45) is 0 Å². The molecule has 1 heterocycles. The van der Waals surface area contributed by atoms with Crippen LogP contribution >= 0.6 is 12.4 Å². The van der Waals surface area contributed by atoms with Crippen molar-refractivity contribution in [3.8, 4) is 0 Å². The standard InChI is InChI=1S/C17H18F2N2O.ClH/c1-11(21-16(22)15-9-17(18,19)10-20-15)13-7-6-12-4-2-3-5-14(12)8-13;/h2-8,11,15,20H,9-10H2,1H3,(H,21,22);1H. The first kappa shape index (κ1) is 17.6.